The molecule has 1 unspecified atom stereocenters. The fraction of sp³-hybridized carbons (Fsp3) is 0.310. The number of amides is 2. The Hall–Kier alpha value is -3.83. The molecule has 0 fully saturated rings. The van der Waals surface area contributed by atoms with E-state index in [1.165, 1.54) is 35.2 Å². The Morgan fingerprint density at radius 3 is 2.32 bits per heavy atom. The van der Waals surface area contributed by atoms with Gasteiger partial charge in [0.1, 0.15) is 31.6 Å². The fourth-order valence-corrected chi connectivity index (χ4v) is 5.91. The van der Waals surface area contributed by atoms with Crippen LogP contribution in [0.4, 0.5) is 10.1 Å². The maximum Gasteiger partial charge on any atom is 0.264 e. The summed E-state index contributed by atoms with van der Waals surface area (Å²) in [6.45, 7) is 5.08. The van der Waals surface area contributed by atoms with E-state index in [9.17, 15) is 22.4 Å². The fourth-order valence-electron chi connectivity index (χ4n) is 4.27. The molecule has 12 heteroatoms. The van der Waals surface area contributed by atoms with Gasteiger partial charge < -0.3 is 19.7 Å². The molecule has 0 bridgehead atoms. The molecule has 0 saturated carbocycles. The Bertz CT molecular complexity index is 1520. The minimum Gasteiger partial charge on any atom is -0.486 e. The highest BCUT2D eigenvalue weighted by atomic mass is 35.5. The second-order valence-corrected chi connectivity index (χ2v) is 12.1. The van der Waals surface area contributed by atoms with E-state index in [-0.39, 0.29) is 35.5 Å². The van der Waals surface area contributed by atoms with Gasteiger partial charge in [-0.3, -0.25) is 13.9 Å². The summed E-state index contributed by atoms with van der Waals surface area (Å²) in [7, 11) is -4.37. The molecular weight excluding hydrogens is 573 g/mol. The van der Waals surface area contributed by atoms with Crippen LogP contribution in [-0.4, -0.2) is 57.0 Å². The average molecular weight is 604 g/mol. The van der Waals surface area contributed by atoms with E-state index in [4.69, 9.17) is 21.1 Å². The van der Waals surface area contributed by atoms with Crippen molar-refractivity contribution in [2.75, 3.05) is 24.1 Å². The number of rotatable bonds is 10. The molecule has 1 atom stereocenters. The summed E-state index contributed by atoms with van der Waals surface area (Å²) < 4.78 is 53.7. The molecule has 2 amide bonds. The Kier molecular flexibility index (Phi) is 9.39. The van der Waals surface area contributed by atoms with Gasteiger partial charge in [0.2, 0.25) is 11.8 Å². The molecule has 1 aliphatic rings. The number of nitrogens with zero attached hydrogens (tertiary/aromatic N) is 2. The molecule has 3 aromatic carbocycles. The molecule has 218 valence electrons. The lowest BCUT2D eigenvalue weighted by atomic mass is 10.1. The van der Waals surface area contributed by atoms with E-state index < -0.39 is 40.2 Å². The van der Waals surface area contributed by atoms with Gasteiger partial charge in [-0.2, -0.15) is 0 Å². The van der Waals surface area contributed by atoms with Crippen molar-refractivity contribution in [2.24, 2.45) is 0 Å². The first-order valence-corrected chi connectivity index (χ1v) is 14.8. The maximum absolute atomic E-state index is 14.0. The zero-order valence-corrected chi connectivity index (χ0v) is 24.4. The van der Waals surface area contributed by atoms with Crippen LogP contribution in [-0.2, 0) is 26.2 Å². The lowest BCUT2D eigenvalue weighted by Crippen LogP contribution is -2.52. The quantitative estimate of drug-likeness (QED) is 0.369. The molecule has 0 spiro atoms. The van der Waals surface area contributed by atoms with Gasteiger partial charge in [-0.15, -0.1) is 0 Å². The summed E-state index contributed by atoms with van der Waals surface area (Å²) in [5.41, 5.74) is 0.717. The van der Waals surface area contributed by atoms with Crippen LogP contribution in [0.5, 0.6) is 11.5 Å². The van der Waals surface area contributed by atoms with E-state index in [0.29, 0.717) is 22.9 Å². The molecule has 3 aromatic rings. The SMILES string of the molecule is CC(C)NC(=O)C(C)N(Cc1cccc(Cl)c1)C(=O)CN(c1ccc(F)cc1)S(=O)(=O)c1ccc2c(c1)OCCO2. The number of hydrogen-bond acceptors (Lipinski definition) is 6. The van der Waals surface area contributed by atoms with Crippen molar-refractivity contribution in [3.63, 3.8) is 0 Å². The Balaban J connectivity index is 1.72. The topological polar surface area (TPSA) is 105 Å². The normalized spacial score (nSPS) is 13.4. The average Bonchev–Trinajstić information content (AvgIpc) is 2.94. The third-order valence-corrected chi connectivity index (χ3v) is 8.34. The summed E-state index contributed by atoms with van der Waals surface area (Å²) in [6.07, 6.45) is 0. The van der Waals surface area contributed by atoms with Crippen LogP contribution in [0.3, 0.4) is 0 Å². The van der Waals surface area contributed by atoms with Crippen molar-refractivity contribution in [2.45, 2.75) is 44.3 Å². The van der Waals surface area contributed by atoms with Crippen molar-refractivity contribution in [3.8, 4) is 11.5 Å². The van der Waals surface area contributed by atoms with Gasteiger partial charge in [0.15, 0.2) is 11.5 Å². The largest absolute Gasteiger partial charge is 0.486 e. The molecule has 0 aromatic heterocycles. The second-order valence-electron chi connectivity index (χ2n) is 9.78. The predicted molar refractivity (Wildman–Crippen MR) is 153 cm³/mol. The van der Waals surface area contributed by atoms with Crippen molar-refractivity contribution in [3.05, 3.63) is 83.1 Å². The molecule has 1 aliphatic heterocycles. The van der Waals surface area contributed by atoms with Crippen LogP contribution in [0.25, 0.3) is 0 Å². The number of benzene rings is 3. The van der Waals surface area contributed by atoms with Gasteiger partial charge in [-0.05, 0) is 74.9 Å². The standard InChI is InChI=1S/C29H31ClFN3O6S/c1-19(2)32-29(36)20(3)33(17-21-5-4-6-22(30)15-21)28(35)18-34(24-9-7-23(31)8-10-24)41(37,38)25-11-12-26-27(16-25)40-14-13-39-26/h4-12,15-16,19-20H,13-14,17-18H2,1-3H3,(H,32,36). The van der Waals surface area contributed by atoms with Gasteiger partial charge in [0.05, 0.1) is 10.6 Å². The second kappa shape index (κ2) is 12.8. The van der Waals surface area contributed by atoms with Crippen LogP contribution in [0.2, 0.25) is 5.02 Å². The van der Waals surface area contributed by atoms with Crippen LogP contribution < -0.4 is 19.1 Å². The molecule has 0 saturated heterocycles. The first kappa shape index (κ1) is 30.1. The highest BCUT2D eigenvalue weighted by molar-refractivity contribution is 7.92. The molecule has 1 heterocycles. The van der Waals surface area contributed by atoms with E-state index in [1.807, 2.05) is 0 Å². The van der Waals surface area contributed by atoms with Gasteiger partial charge in [-0.1, -0.05) is 23.7 Å². The monoisotopic (exact) mass is 603 g/mol. The Labute approximate surface area is 243 Å². The summed E-state index contributed by atoms with van der Waals surface area (Å²) >= 11 is 6.15. The minimum atomic E-state index is -4.37. The van der Waals surface area contributed by atoms with Crippen LogP contribution in [0.1, 0.15) is 26.3 Å². The van der Waals surface area contributed by atoms with E-state index in [1.54, 1.807) is 45.0 Å². The molecule has 0 aliphatic carbocycles. The van der Waals surface area contributed by atoms with Crippen LogP contribution in [0.15, 0.2) is 71.6 Å². The summed E-state index contributed by atoms with van der Waals surface area (Å²) in [4.78, 5) is 28.0. The van der Waals surface area contributed by atoms with Gasteiger partial charge >= 0.3 is 0 Å². The first-order valence-electron chi connectivity index (χ1n) is 13.0. The lowest BCUT2D eigenvalue weighted by molar-refractivity contribution is -0.139. The van der Waals surface area contributed by atoms with Crippen molar-refractivity contribution in [1.82, 2.24) is 10.2 Å². The molecule has 0 radical (unpaired) electrons. The van der Waals surface area contributed by atoms with E-state index in [2.05, 4.69) is 5.32 Å². The molecular formula is C29H31ClFN3O6S. The van der Waals surface area contributed by atoms with Crippen LogP contribution in [0, 0.1) is 5.82 Å². The minimum absolute atomic E-state index is 0.00654. The zero-order valence-electron chi connectivity index (χ0n) is 22.8. The predicted octanol–water partition coefficient (Wildman–Crippen LogP) is 4.39. The van der Waals surface area contributed by atoms with Crippen molar-refractivity contribution in [1.29, 1.82) is 0 Å². The number of hydrogen-bond donors (Lipinski definition) is 1. The third kappa shape index (κ3) is 7.28. The highest BCUT2D eigenvalue weighted by Gasteiger charge is 2.33. The van der Waals surface area contributed by atoms with Gasteiger partial charge in [0.25, 0.3) is 10.0 Å². The summed E-state index contributed by atoms with van der Waals surface area (Å²) in [5.74, 6) is -0.972. The highest BCUT2D eigenvalue weighted by Crippen LogP contribution is 2.34. The molecule has 41 heavy (non-hydrogen) atoms. The summed E-state index contributed by atoms with van der Waals surface area (Å²) in [5, 5.41) is 3.24. The van der Waals surface area contributed by atoms with E-state index >= 15 is 0 Å². The van der Waals surface area contributed by atoms with E-state index in [0.717, 1.165) is 16.4 Å². The number of carbonyl (C=O) groups is 2. The third-order valence-electron chi connectivity index (χ3n) is 6.34. The van der Waals surface area contributed by atoms with Crippen LogP contribution >= 0.6 is 11.6 Å². The van der Waals surface area contributed by atoms with Crippen molar-refractivity contribution < 1.29 is 31.9 Å². The number of sulfonamides is 1. The smallest absolute Gasteiger partial charge is 0.264 e. The number of fused-ring (bicyclic) bond motifs is 1. The number of anilines is 1. The molecule has 1 N–H and O–H groups in total. The number of ether oxygens (including phenoxy) is 2. The Morgan fingerprint density at radius 1 is 0.976 bits per heavy atom. The molecule has 9 nitrogen and oxygen atoms in total. The number of nitrogens with one attached hydrogen (secondary N) is 1. The molecule has 4 rings (SSSR count). The Morgan fingerprint density at radius 2 is 1.66 bits per heavy atom. The number of carbonyl (C=O) groups excluding carboxylic acids is 2. The number of halogens is 2. The van der Waals surface area contributed by atoms with Gasteiger partial charge in [0, 0.05) is 23.7 Å². The summed E-state index contributed by atoms with van der Waals surface area (Å²) in [6, 6.07) is 14.6. The first-order chi connectivity index (χ1) is 19.5. The maximum atomic E-state index is 14.0. The lowest BCUT2D eigenvalue weighted by Gasteiger charge is -2.32. The zero-order chi connectivity index (χ0) is 29.7. The van der Waals surface area contributed by atoms with Crippen molar-refractivity contribution >= 4 is 39.1 Å². The van der Waals surface area contributed by atoms with Gasteiger partial charge in [-0.25, -0.2) is 12.8 Å².